The maximum absolute atomic E-state index is 8.36. The summed E-state index contributed by atoms with van der Waals surface area (Å²) in [5, 5.41) is 13.6. The SMILES string of the molecule is N.O=[N+]([O-])O.[Ca+2].[H-].[H-]. The van der Waals surface area contributed by atoms with Gasteiger partial charge >= 0.3 is 37.7 Å². The fraction of sp³-hybridized carbons (Fsp3) is 0. The number of hydrogen-bond acceptors (Lipinski definition) is 3. The van der Waals surface area contributed by atoms with Crippen molar-refractivity contribution >= 4 is 37.7 Å². The van der Waals surface area contributed by atoms with Gasteiger partial charge in [0.15, 0.2) is 0 Å². The summed E-state index contributed by atoms with van der Waals surface area (Å²) >= 11 is 0. The van der Waals surface area contributed by atoms with Crippen LogP contribution in [0.15, 0.2) is 0 Å². The summed E-state index contributed by atoms with van der Waals surface area (Å²) in [5.41, 5.74) is 0. The molecular weight excluding hydrogens is 116 g/mol. The normalized spacial score (nSPS) is 4.00. The second-order valence-electron chi connectivity index (χ2n) is 0.238. The van der Waals surface area contributed by atoms with Crippen LogP contribution in [-0.4, -0.2) is 48.0 Å². The Morgan fingerprint density at radius 1 is 1.83 bits per heavy atom. The van der Waals surface area contributed by atoms with Crippen LogP contribution < -0.4 is 6.15 Å². The summed E-state index contributed by atoms with van der Waals surface area (Å²) in [6.07, 6.45) is 0. The van der Waals surface area contributed by atoms with E-state index in [2.05, 4.69) is 0 Å². The van der Waals surface area contributed by atoms with Gasteiger partial charge in [-0.05, 0) is 0 Å². The van der Waals surface area contributed by atoms with Crippen molar-refractivity contribution in [3.8, 4) is 0 Å². The van der Waals surface area contributed by atoms with Gasteiger partial charge in [-0.3, -0.25) is 0 Å². The number of nitrogens with zero attached hydrogens (tertiary/aromatic N) is 1. The molecule has 0 saturated heterocycles. The van der Waals surface area contributed by atoms with Crippen LogP contribution in [0, 0.1) is 10.1 Å². The monoisotopic (exact) mass is 122 g/mol. The molecule has 6 heteroatoms. The van der Waals surface area contributed by atoms with Crippen LogP contribution >= 0.6 is 0 Å². The zero-order valence-electron chi connectivity index (χ0n) is 5.13. The molecule has 0 unspecified atom stereocenters. The van der Waals surface area contributed by atoms with Gasteiger partial charge in [0, 0.05) is 0 Å². The van der Waals surface area contributed by atoms with Crippen LogP contribution in [0.5, 0.6) is 0 Å². The Labute approximate surface area is 67.0 Å². The molecule has 0 amide bonds. The number of rotatable bonds is 0. The fourth-order valence-corrected chi connectivity index (χ4v) is 0. The number of hydrogen-bond donors (Lipinski definition) is 2. The molecule has 0 aromatic rings. The molecule has 0 aromatic carbocycles. The van der Waals surface area contributed by atoms with Crippen LogP contribution in [0.25, 0.3) is 0 Å². The van der Waals surface area contributed by atoms with E-state index in [1.807, 2.05) is 0 Å². The maximum atomic E-state index is 8.36. The molecule has 5 nitrogen and oxygen atoms in total. The molecule has 0 bridgehead atoms. The van der Waals surface area contributed by atoms with Crippen molar-refractivity contribution < 1.29 is 13.1 Å². The molecule has 0 radical (unpaired) electrons. The summed E-state index contributed by atoms with van der Waals surface area (Å²) in [6, 6.07) is 0. The molecule has 6 heavy (non-hydrogen) atoms. The van der Waals surface area contributed by atoms with Gasteiger partial charge in [0.2, 0.25) is 0 Å². The fourth-order valence-electron chi connectivity index (χ4n) is 0. The van der Waals surface area contributed by atoms with Crippen LogP contribution in [0.1, 0.15) is 2.85 Å². The predicted octanol–water partition coefficient (Wildman–Crippen LogP) is -0.342. The largest absolute Gasteiger partial charge is 2.00 e. The quantitative estimate of drug-likeness (QED) is 0.261. The van der Waals surface area contributed by atoms with E-state index in [0.29, 0.717) is 0 Å². The van der Waals surface area contributed by atoms with Gasteiger partial charge in [0.05, 0.1) is 0 Å². The summed E-state index contributed by atoms with van der Waals surface area (Å²) in [5.74, 6) is 0. The van der Waals surface area contributed by atoms with E-state index in [1.54, 1.807) is 0 Å². The first kappa shape index (κ1) is 16.1. The smallest absolute Gasteiger partial charge is 1.00 e. The van der Waals surface area contributed by atoms with Gasteiger partial charge < -0.3 is 14.2 Å². The molecule has 36 valence electrons. The molecule has 0 aliphatic heterocycles. The van der Waals surface area contributed by atoms with Gasteiger partial charge in [-0.15, -0.1) is 10.1 Å². The van der Waals surface area contributed by atoms with E-state index in [1.165, 1.54) is 0 Å². The van der Waals surface area contributed by atoms with Crippen LogP contribution in [0.2, 0.25) is 0 Å². The third-order valence-corrected chi connectivity index (χ3v) is 0. The minimum Gasteiger partial charge on any atom is -1.00 e. The van der Waals surface area contributed by atoms with Crippen LogP contribution in [0.3, 0.4) is 0 Å². The minimum absolute atomic E-state index is 0. The third kappa shape index (κ3) is 293. The van der Waals surface area contributed by atoms with E-state index in [-0.39, 0.29) is 46.7 Å². The predicted molar refractivity (Wildman–Crippen MR) is 21.8 cm³/mol. The van der Waals surface area contributed by atoms with E-state index in [9.17, 15) is 0 Å². The second kappa shape index (κ2) is 9.05. The standard InChI is InChI=1S/Ca.HNO3.H3N.2H/c;2-1(3)4;;;/h;(H,2,3,4);1H3;;/q+2;;;2*-1. The summed E-state index contributed by atoms with van der Waals surface area (Å²) in [4.78, 5) is 8.36. The first-order valence-corrected chi connectivity index (χ1v) is 0.565. The first-order chi connectivity index (χ1) is 1.73. The first-order valence-electron chi connectivity index (χ1n) is 0.565. The Kier molecular flexibility index (Phi) is 24.3. The molecule has 4 N–H and O–H groups in total. The summed E-state index contributed by atoms with van der Waals surface area (Å²) < 4.78 is 0. The van der Waals surface area contributed by atoms with Crippen molar-refractivity contribution in [2.45, 2.75) is 0 Å². The zero-order chi connectivity index (χ0) is 3.58. The van der Waals surface area contributed by atoms with E-state index in [0.717, 1.165) is 0 Å². The molecule has 0 aromatic heterocycles. The van der Waals surface area contributed by atoms with E-state index < -0.39 is 5.09 Å². The van der Waals surface area contributed by atoms with Crippen LogP contribution in [-0.2, 0) is 0 Å². The minimum atomic E-state index is -1.50. The molecular formula is H6CaN2O3. The van der Waals surface area contributed by atoms with Gasteiger partial charge in [0.25, 0.3) is 5.09 Å². The topological polar surface area (TPSA) is 98.4 Å². The molecule has 0 aliphatic rings. The summed E-state index contributed by atoms with van der Waals surface area (Å²) in [6.45, 7) is 0. The Morgan fingerprint density at radius 2 is 1.83 bits per heavy atom. The van der Waals surface area contributed by atoms with Crippen molar-refractivity contribution in [3.05, 3.63) is 10.1 Å². The van der Waals surface area contributed by atoms with Gasteiger partial charge in [-0.25, -0.2) is 0 Å². The molecule has 0 fully saturated rings. The van der Waals surface area contributed by atoms with E-state index >= 15 is 0 Å². The van der Waals surface area contributed by atoms with Crippen LogP contribution in [0.4, 0.5) is 0 Å². The molecule has 0 spiro atoms. The average Bonchev–Trinajstić information content (AvgIpc) is 0.811. The zero-order valence-corrected chi connectivity index (χ0v) is 5.33. The molecule has 0 heterocycles. The van der Waals surface area contributed by atoms with Crippen molar-refractivity contribution in [2.75, 3.05) is 0 Å². The second-order valence-corrected chi connectivity index (χ2v) is 0.238. The third-order valence-electron chi connectivity index (χ3n) is 0. The van der Waals surface area contributed by atoms with Crippen molar-refractivity contribution in [2.24, 2.45) is 0 Å². The van der Waals surface area contributed by atoms with Gasteiger partial charge in [-0.2, -0.15) is 0 Å². The van der Waals surface area contributed by atoms with Crippen molar-refractivity contribution in [1.29, 1.82) is 0 Å². The summed E-state index contributed by atoms with van der Waals surface area (Å²) in [7, 11) is 0. The Morgan fingerprint density at radius 3 is 1.83 bits per heavy atom. The Hall–Kier alpha value is 0.420. The van der Waals surface area contributed by atoms with Crippen molar-refractivity contribution in [1.82, 2.24) is 6.15 Å². The average molecular weight is 122 g/mol. The van der Waals surface area contributed by atoms with E-state index in [4.69, 9.17) is 15.3 Å². The molecule has 0 aliphatic carbocycles. The van der Waals surface area contributed by atoms with Crippen molar-refractivity contribution in [3.63, 3.8) is 0 Å². The molecule has 0 saturated carbocycles. The molecule has 0 rings (SSSR count). The van der Waals surface area contributed by atoms with Gasteiger partial charge in [-0.1, -0.05) is 0 Å². The molecule has 0 atom stereocenters. The Balaban J connectivity index is -0.00000000750. The Bertz CT molecular complexity index is 38.3. The van der Waals surface area contributed by atoms with Gasteiger partial charge in [0.1, 0.15) is 0 Å². The maximum Gasteiger partial charge on any atom is 2.00 e.